The molecule has 2 aliphatic heterocycles. The van der Waals surface area contributed by atoms with Crippen molar-refractivity contribution in [2.24, 2.45) is 4.99 Å². The number of hydrogen-bond donors (Lipinski definition) is 0. The Morgan fingerprint density at radius 1 is 1.04 bits per heavy atom. The lowest BCUT2D eigenvalue weighted by atomic mass is 10.0. The summed E-state index contributed by atoms with van der Waals surface area (Å²) in [6.45, 7) is 4.11. The van der Waals surface area contributed by atoms with Gasteiger partial charge in [0.25, 0.3) is 0 Å². The Morgan fingerprint density at radius 2 is 1.70 bits per heavy atom. The van der Waals surface area contributed by atoms with Crippen molar-refractivity contribution in [2.45, 2.75) is 19.9 Å². The van der Waals surface area contributed by atoms with Gasteiger partial charge in [-0.2, -0.15) is 0 Å². The molecule has 122 valence electrons. The Balaban J connectivity index is 2.09. The molecule has 0 amide bonds. The summed E-state index contributed by atoms with van der Waals surface area (Å²) in [4.78, 5) is 8.02. The smallest absolute Gasteiger partial charge is 0.203 e. The molecule has 0 spiro atoms. The summed E-state index contributed by atoms with van der Waals surface area (Å²) < 4.78 is 16.4. The van der Waals surface area contributed by atoms with E-state index in [0.29, 0.717) is 17.2 Å². The van der Waals surface area contributed by atoms with E-state index in [4.69, 9.17) is 14.2 Å². The predicted octanol–water partition coefficient (Wildman–Crippen LogP) is 3.94. The molecule has 1 aromatic carbocycles. The first-order chi connectivity index (χ1) is 11.1. The first-order valence-corrected chi connectivity index (χ1v) is 8.10. The van der Waals surface area contributed by atoms with Crippen LogP contribution in [0.5, 0.6) is 17.2 Å². The largest absolute Gasteiger partial charge is 0.493 e. The van der Waals surface area contributed by atoms with Crippen molar-refractivity contribution in [1.29, 1.82) is 0 Å². The number of allylic oxidation sites excluding steroid dienone is 2. The van der Waals surface area contributed by atoms with Crippen LogP contribution in [0.2, 0.25) is 0 Å². The second-order valence-corrected chi connectivity index (χ2v) is 6.57. The zero-order valence-electron chi connectivity index (χ0n) is 13.9. The van der Waals surface area contributed by atoms with Crippen LogP contribution in [-0.2, 0) is 0 Å². The Morgan fingerprint density at radius 3 is 2.26 bits per heavy atom. The van der Waals surface area contributed by atoms with Crippen LogP contribution in [0.3, 0.4) is 0 Å². The molecule has 0 bridgehead atoms. The van der Waals surface area contributed by atoms with Crippen molar-refractivity contribution in [2.75, 3.05) is 21.3 Å². The summed E-state index contributed by atoms with van der Waals surface area (Å²) in [5.74, 6) is 1.92. The van der Waals surface area contributed by atoms with Crippen molar-refractivity contribution in [3.63, 3.8) is 0 Å². The Labute approximate surface area is 140 Å². The normalized spacial score (nSPS) is 19.6. The third-order valence-corrected chi connectivity index (χ3v) is 4.71. The van der Waals surface area contributed by atoms with Crippen molar-refractivity contribution in [3.8, 4) is 17.2 Å². The van der Waals surface area contributed by atoms with E-state index in [-0.39, 0.29) is 6.04 Å². The van der Waals surface area contributed by atoms with E-state index in [1.807, 2.05) is 19.1 Å². The molecule has 5 nitrogen and oxygen atoms in total. The number of fused-ring (bicyclic) bond motifs is 1. The molecular weight excluding hydrogens is 312 g/mol. The number of thioether (sulfide) groups is 1. The van der Waals surface area contributed by atoms with E-state index in [1.165, 1.54) is 4.91 Å². The van der Waals surface area contributed by atoms with Crippen molar-refractivity contribution < 1.29 is 14.2 Å². The summed E-state index contributed by atoms with van der Waals surface area (Å²) in [6, 6.07) is 4.04. The number of methoxy groups -OCH3 is 3. The van der Waals surface area contributed by atoms with Gasteiger partial charge in [0.2, 0.25) is 5.75 Å². The van der Waals surface area contributed by atoms with Crippen molar-refractivity contribution >= 4 is 16.9 Å². The fourth-order valence-electron chi connectivity index (χ4n) is 2.78. The summed E-state index contributed by atoms with van der Waals surface area (Å²) in [5, 5.41) is 1.00. The zero-order valence-corrected chi connectivity index (χ0v) is 14.7. The third kappa shape index (κ3) is 2.79. The lowest BCUT2D eigenvalue weighted by Crippen LogP contribution is -2.27. The monoisotopic (exact) mass is 332 g/mol. The van der Waals surface area contributed by atoms with E-state index >= 15 is 0 Å². The van der Waals surface area contributed by atoms with Crippen LogP contribution in [0, 0.1) is 0 Å². The van der Waals surface area contributed by atoms with Crippen molar-refractivity contribution in [1.82, 2.24) is 4.90 Å². The standard InChI is InChI=1S/C17H20N2O3S/c1-10-6-13(19-9-11(2)23-17(19)18-10)12-7-14(20-3)16(22-5)15(8-12)21-4/h6-9,13H,1-5H3. The third-order valence-electron chi connectivity index (χ3n) is 3.79. The summed E-state index contributed by atoms with van der Waals surface area (Å²) in [5.41, 5.74) is 2.07. The molecule has 0 aromatic heterocycles. The molecule has 1 unspecified atom stereocenters. The average molecular weight is 332 g/mol. The van der Waals surface area contributed by atoms with Gasteiger partial charge in [0, 0.05) is 16.8 Å². The highest BCUT2D eigenvalue weighted by molar-refractivity contribution is 8.17. The van der Waals surface area contributed by atoms with Crippen LogP contribution in [0.25, 0.3) is 0 Å². The van der Waals surface area contributed by atoms with Crippen molar-refractivity contribution in [3.05, 3.63) is 40.6 Å². The fourth-order valence-corrected chi connectivity index (χ4v) is 3.70. The topological polar surface area (TPSA) is 43.3 Å². The Kier molecular flexibility index (Phi) is 4.26. The van der Waals surface area contributed by atoms with Gasteiger partial charge in [0.15, 0.2) is 16.7 Å². The molecule has 6 heteroatoms. The van der Waals surface area contributed by atoms with E-state index in [2.05, 4.69) is 29.1 Å². The minimum absolute atomic E-state index is 0.0566. The second-order valence-electron chi connectivity index (χ2n) is 5.36. The summed E-state index contributed by atoms with van der Waals surface area (Å²) in [7, 11) is 4.87. The van der Waals surface area contributed by atoms with Gasteiger partial charge in [-0.05, 0) is 37.6 Å². The molecule has 2 aliphatic rings. The van der Waals surface area contributed by atoms with E-state index in [1.54, 1.807) is 33.1 Å². The second kappa shape index (κ2) is 6.20. The molecule has 1 aromatic rings. The number of nitrogens with zero attached hydrogens (tertiary/aromatic N) is 2. The van der Waals surface area contributed by atoms with Gasteiger partial charge in [0.05, 0.1) is 27.4 Å². The lowest BCUT2D eigenvalue weighted by Gasteiger charge is -2.30. The van der Waals surface area contributed by atoms with Gasteiger partial charge in [-0.1, -0.05) is 11.8 Å². The molecule has 2 heterocycles. The summed E-state index contributed by atoms with van der Waals surface area (Å²) in [6.07, 6.45) is 4.26. The van der Waals surface area contributed by atoms with Crippen LogP contribution >= 0.6 is 11.8 Å². The van der Waals surface area contributed by atoms with Crippen LogP contribution in [-0.4, -0.2) is 31.4 Å². The molecule has 0 fully saturated rings. The molecular formula is C17H20N2O3S. The number of hydrogen-bond acceptors (Lipinski definition) is 6. The van der Waals surface area contributed by atoms with Gasteiger partial charge in [0.1, 0.15) is 0 Å². The highest BCUT2D eigenvalue weighted by Crippen LogP contribution is 2.44. The number of benzene rings is 1. The van der Waals surface area contributed by atoms with Gasteiger partial charge in [-0.3, -0.25) is 0 Å². The minimum atomic E-state index is 0.0566. The molecule has 0 N–H and O–H groups in total. The van der Waals surface area contributed by atoms with Crippen LogP contribution in [0.4, 0.5) is 0 Å². The molecule has 0 saturated heterocycles. The highest BCUT2D eigenvalue weighted by atomic mass is 32.2. The minimum Gasteiger partial charge on any atom is -0.493 e. The molecule has 3 rings (SSSR count). The first kappa shape index (κ1) is 15.8. The molecule has 0 aliphatic carbocycles. The quantitative estimate of drug-likeness (QED) is 0.835. The van der Waals surface area contributed by atoms with Crippen LogP contribution in [0.1, 0.15) is 25.5 Å². The van der Waals surface area contributed by atoms with Crippen LogP contribution in [0.15, 0.2) is 40.0 Å². The Bertz CT molecular complexity index is 700. The number of aliphatic imine (C=N–C) groups is 1. The number of rotatable bonds is 4. The molecule has 0 saturated carbocycles. The number of amidine groups is 1. The fraction of sp³-hybridized carbons (Fsp3) is 0.353. The molecule has 1 atom stereocenters. The van der Waals surface area contributed by atoms with Gasteiger partial charge in [-0.15, -0.1) is 0 Å². The lowest BCUT2D eigenvalue weighted by molar-refractivity contribution is 0.322. The zero-order chi connectivity index (χ0) is 16.6. The first-order valence-electron chi connectivity index (χ1n) is 7.29. The van der Waals surface area contributed by atoms with Crippen LogP contribution < -0.4 is 14.2 Å². The average Bonchev–Trinajstić information content (AvgIpc) is 2.92. The predicted molar refractivity (Wildman–Crippen MR) is 93.2 cm³/mol. The Hall–Kier alpha value is -2.08. The van der Waals surface area contributed by atoms with Gasteiger partial charge >= 0.3 is 0 Å². The molecule has 23 heavy (non-hydrogen) atoms. The number of ether oxygens (including phenoxy) is 3. The van der Waals surface area contributed by atoms with E-state index < -0.39 is 0 Å². The van der Waals surface area contributed by atoms with Gasteiger partial charge in [-0.25, -0.2) is 4.99 Å². The maximum absolute atomic E-state index is 5.47. The summed E-state index contributed by atoms with van der Waals surface area (Å²) >= 11 is 1.69. The van der Waals surface area contributed by atoms with Gasteiger partial charge < -0.3 is 19.1 Å². The maximum Gasteiger partial charge on any atom is 0.203 e. The maximum atomic E-state index is 5.47. The van der Waals surface area contributed by atoms with E-state index in [0.717, 1.165) is 16.4 Å². The SMILES string of the molecule is COc1cc(C2C=C(C)N=C3SC(C)=CN32)cc(OC)c1OC. The van der Waals surface area contributed by atoms with E-state index in [9.17, 15) is 0 Å². The highest BCUT2D eigenvalue weighted by Gasteiger charge is 2.30. The molecule has 0 radical (unpaired) electrons.